The molecule has 1 N–H and O–H groups in total. The minimum absolute atomic E-state index is 0.535. The summed E-state index contributed by atoms with van der Waals surface area (Å²) in [6.45, 7) is 11.0. The van der Waals surface area contributed by atoms with Crippen molar-refractivity contribution in [3.63, 3.8) is 0 Å². The molecule has 0 aliphatic heterocycles. The number of nitrogens with one attached hydrogen (secondary N) is 1. The van der Waals surface area contributed by atoms with E-state index < -0.39 is 0 Å². The van der Waals surface area contributed by atoms with Crippen molar-refractivity contribution in [1.82, 2.24) is 10.3 Å². The van der Waals surface area contributed by atoms with E-state index in [1.165, 1.54) is 17.8 Å². The van der Waals surface area contributed by atoms with Gasteiger partial charge < -0.3 is 5.32 Å². The van der Waals surface area contributed by atoms with Crippen molar-refractivity contribution in [2.75, 3.05) is 13.1 Å². The predicted octanol–water partition coefficient (Wildman–Crippen LogP) is 3.58. The lowest BCUT2D eigenvalue weighted by atomic mass is 10.1. The van der Waals surface area contributed by atoms with Gasteiger partial charge in [-0.25, -0.2) is 4.98 Å². The summed E-state index contributed by atoms with van der Waals surface area (Å²) < 4.78 is 0. The van der Waals surface area contributed by atoms with E-state index in [1.54, 1.807) is 11.3 Å². The molecule has 0 aromatic carbocycles. The number of aromatic nitrogens is 1. The molecule has 1 aromatic rings. The third kappa shape index (κ3) is 4.62. The van der Waals surface area contributed by atoms with Crippen molar-refractivity contribution in [1.29, 1.82) is 0 Å². The monoisotopic (exact) mass is 240 g/mol. The molecule has 2 atom stereocenters. The first kappa shape index (κ1) is 13.7. The molecule has 2 unspecified atom stereocenters. The van der Waals surface area contributed by atoms with Crippen LogP contribution in [0, 0.1) is 12.8 Å². The second kappa shape index (κ2) is 7.02. The van der Waals surface area contributed by atoms with Gasteiger partial charge in [0.1, 0.15) is 0 Å². The van der Waals surface area contributed by atoms with Crippen LogP contribution in [-0.4, -0.2) is 18.1 Å². The molecular formula is C13H24N2S. The van der Waals surface area contributed by atoms with Crippen LogP contribution in [0.2, 0.25) is 0 Å². The number of rotatable bonds is 7. The fourth-order valence-corrected chi connectivity index (χ4v) is 2.68. The zero-order valence-electron chi connectivity index (χ0n) is 10.9. The minimum atomic E-state index is 0.535. The molecule has 0 radical (unpaired) electrons. The molecule has 3 heteroatoms. The largest absolute Gasteiger partial charge is 0.316 e. The molecule has 0 bridgehead atoms. The van der Waals surface area contributed by atoms with Crippen LogP contribution in [-0.2, 0) is 0 Å². The smallest absolute Gasteiger partial charge is 0.0969 e. The molecule has 2 nitrogen and oxygen atoms in total. The number of hydrogen-bond acceptors (Lipinski definition) is 3. The van der Waals surface area contributed by atoms with Crippen LogP contribution in [0.1, 0.15) is 50.2 Å². The minimum Gasteiger partial charge on any atom is -0.316 e. The topological polar surface area (TPSA) is 24.9 Å². The molecule has 0 fully saturated rings. The highest BCUT2D eigenvalue weighted by Gasteiger charge is 2.09. The number of hydrogen-bond donors (Lipinski definition) is 1. The van der Waals surface area contributed by atoms with Gasteiger partial charge in [-0.1, -0.05) is 27.2 Å². The van der Waals surface area contributed by atoms with Gasteiger partial charge in [-0.15, -0.1) is 11.3 Å². The van der Waals surface area contributed by atoms with E-state index in [0.717, 1.165) is 24.7 Å². The van der Waals surface area contributed by atoms with E-state index in [-0.39, 0.29) is 0 Å². The number of thiazole rings is 1. The Morgan fingerprint density at radius 3 is 2.69 bits per heavy atom. The summed E-state index contributed by atoms with van der Waals surface area (Å²) in [5.74, 6) is 1.32. The predicted molar refractivity (Wildman–Crippen MR) is 72.2 cm³/mol. The molecule has 1 aromatic heterocycles. The Morgan fingerprint density at radius 1 is 1.38 bits per heavy atom. The molecule has 0 aliphatic rings. The maximum Gasteiger partial charge on any atom is 0.0969 e. The SMILES string of the molecule is CCCC(C)CNCC(C)c1nc(C)cs1. The Hall–Kier alpha value is -0.410. The highest BCUT2D eigenvalue weighted by molar-refractivity contribution is 7.09. The Balaban J connectivity index is 2.22. The van der Waals surface area contributed by atoms with Gasteiger partial charge in [-0.3, -0.25) is 0 Å². The Bertz CT molecular complexity index is 296. The van der Waals surface area contributed by atoms with E-state index in [1.807, 2.05) is 0 Å². The van der Waals surface area contributed by atoms with Crippen LogP contribution >= 0.6 is 11.3 Å². The van der Waals surface area contributed by atoms with Gasteiger partial charge in [0.05, 0.1) is 5.01 Å². The zero-order chi connectivity index (χ0) is 12.0. The molecule has 16 heavy (non-hydrogen) atoms. The van der Waals surface area contributed by atoms with Crippen molar-refractivity contribution in [3.05, 3.63) is 16.1 Å². The summed E-state index contributed by atoms with van der Waals surface area (Å²) in [4.78, 5) is 4.52. The van der Waals surface area contributed by atoms with Gasteiger partial charge in [0.15, 0.2) is 0 Å². The average Bonchev–Trinajstić information content (AvgIpc) is 2.65. The summed E-state index contributed by atoms with van der Waals surface area (Å²) in [7, 11) is 0. The second-order valence-electron chi connectivity index (χ2n) is 4.78. The van der Waals surface area contributed by atoms with Gasteiger partial charge in [0.2, 0.25) is 0 Å². The molecule has 92 valence electrons. The molecular weight excluding hydrogens is 216 g/mol. The van der Waals surface area contributed by atoms with Crippen LogP contribution in [0.3, 0.4) is 0 Å². The van der Waals surface area contributed by atoms with Crippen molar-refractivity contribution in [2.24, 2.45) is 5.92 Å². The maximum atomic E-state index is 4.52. The van der Waals surface area contributed by atoms with Crippen molar-refractivity contribution < 1.29 is 0 Å². The van der Waals surface area contributed by atoms with Crippen LogP contribution in [0.5, 0.6) is 0 Å². The quantitative estimate of drug-likeness (QED) is 0.788. The van der Waals surface area contributed by atoms with E-state index in [0.29, 0.717) is 5.92 Å². The molecule has 0 amide bonds. The lowest BCUT2D eigenvalue weighted by molar-refractivity contribution is 0.466. The maximum absolute atomic E-state index is 4.52. The standard InChI is InChI=1S/C13H24N2S/c1-5-6-10(2)7-14-8-11(3)13-15-12(4)9-16-13/h9-11,14H,5-8H2,1-4H3. The van der Waals surface area contributed by atoms with Crippen molar-refractivity contribution >= 4 is 11.3 Å². The zero-order valence-corrected chi connectivity index (χ0v) is 11.7. The third-order valence-corrected chi connectivity index (χ3v) is 3.98. The first-order valence-corrected chi connectivity index (χ1v) is 7.14. The normalized spacial score (nSPS) is 15.0. The molecule has 0 saturated heterocycles. The fourth-order valence-electron chi connectivity index (χ4n) is 1.83. The number of nitrogens with zero attached hydrogens (tertiary/aromatic N) is 1. The van der Waals surface area contributed by atoms with Crippen molar-refractivity contribution in [2.45, 2.75) is 46.5 Å². The lowest BCUT2D eigenvalue weighted by Crippen LogP contribution is -2.25. The van der Waals surface area contributed by atoms with E-state index in [4.69, 9.17) is 0 Å². The molecule has 0 aliphatic carbocycles. The fraction of sp³-hybridized carbons (Fsp3) is 0.769. The summed E-state index contributed by atoms with van der Waals surface area (Å²) in [6, 6.07) is 0. The van der Waals surface area contributed by atoms with E-state index in [2.05, 4.69) is 43.4 Å². The van der Waals surface area contributed by atoms with Crippen LogP contribution in [0.4, 0.5) is 0 Å². The van der Waals surface area contributed by atoms with Gasteiger partial charge in [-0.2, -0.15) is 0 Å². The summed E-state index contributed by atoms with van der Waals surface area (Å²) in [5.41, 5.74) is 1.14. The number of aryl methyl sites for hydroxylation is 1. The first-order valence-electron chi connectivity index (χ1n) is 6.26. The third-order valence-electron chi connectivity index (χ3n) is 2.78. The molecule has 1 heterocycles. The molecule has 0 saturated carbocycles. The van der Waals surface area contributed by atoms with E-state index >= 15 is 0 Å². The highest BCUT2D eigenvalue weighted by atomic mass is 32.1. The lowest BCUT2D eigenvalue weighted by Gasteiger charge is -2.14. The van der Waals surface area contributed by atoms with E-state index in [9.17, 15) is 0 Å². The van der Waals surface area contributed by atoms with Crippen LogP contribution < -0.4 is 5.32 Å². The van der Waals surface area contributed by atoms with Gasteiger partial charge >= 0.3 is 0 Å². The Kier molecular flexibility index (Phi) is 5.99. The summed E-state index contributed by atoms with van der Waals surface area (Å²) >= 11 is 1.78. The summed E-state index contributed by atoms with van der Waals surface area (Å²) in [6.07, 6.45) is 2.60. The van der Waals surface area contributed by atoms with Gasteiger partial charge in [-0.05, 0) is 25.8 Å². The van der Waals surface area contributed by atoms with Crippen molar-refractivity contribution in [3.8, 4) is 0 Å². The summed E-state index contributed by atoms with van der Waals surface area (Å²) in [5, 5.41) is 6.93. The van der Waals surface area contributed by atoms with Gasteiger partial charge in [0.25, 0.3) is 0 Å². The average molecular weight is 240 g/mol. The van der Waals surface area contributed by atoms with Crippen LogP contribution in [0.15, 0.2) is 5.38 Å². The molecule has 0 spiro atoms. The Morgan fingerprint density at radius 2 is 2.12 bits per heavy atom. The molecule has 1 rings (SSSR count). The first-order chi connectivity index (χ1) is 7.63. The highest BCUT2D eigenvalue weighted by Crippen LogP contribution is 2.18. The van der Waals surface area contributed by atoms with Gasteiger partial charge in [0, 0.05) is 23.5 Å². The van der Waals surface area contributed by atoms with Crippen LogP contribution in [0.25, 0.3) is 0 Å². The second-order valence-corrected chi connectivity index (χ2v) is 5.67. The Labute approximate surface area is 103 Å².